The largest absolute Gasteiger partial charge is 0.271 e. The Morgan fingerprint density at radius 2 is 2.38 bits per heavy atom. The van der Waals surface area contributed by atoms with Crippen molar-refractivity contribution in [3.8, 4) is 0 Å². The van der Waals surface area contributed by atoms with E-state index in [1.807, 2.05) is 24.8 Å². The lowest BCUT2D eigenvalue weighted by Gasteiger charge is -2.22. The Hall–Kier alpha value is -0.220. The highest BCUT2D eigenvalue weighted by molar-refractivity contribution is 8.00. The average Bonchev–Trinajstić information content (AvgIpc) is 2.78. The molecule has 1 fully saturated rings. The molecular formula is C12H17ClN2S. The summed E-state index contributed by atoms with van der Waals surface area (Å²) in [6.07, 6.45) is 2.51. The summed E-state index contributed by atoms with van der Waals surface area (Å²) in [4.78, 5) is 0. The SMILES string of the molecule is Cc1ccc(C(NN)C2CCCS2)cc1Cl. The van der Waals surface area contributed by atoms with Crippen molar-refractivity contribution in [2.24, 2.45) is 5.84 Å². The third kappa shape index (κ3) is 2.54. The molecule has 2 nitrogen and oxygen atoms in total. The van der Waals surface area contributed by atoms with Gasteiger partial charge in [-0.15, -0.1) is 0 Å². The zero-order chi connectivity index (χ0) is 11.5. The van der Waals surface area contributed by atoms with Crippen molar-refractivity contribution in [2.45, 2.75) is 31.1 Å². The normalized spacial score (nSPS) is 22.3. The minimum Gasteiger partial charge on any atom is -0.271 e. The molecule has 16 heavy (non-hydrogen) atoms. The molecule has 2 unspecified atom stereocenters. The Balaban J connectivity index is 2.22. The van der Waals surface area contributed by atoms with Gasteiger partial charge >= 0.3 is 0 Å². The van der Waals surface area contributed by atoms with Gasteiger partial charge in [0, 0.05) is 10.3 Å². The lowest BCUT2D eigenvalue weighted by molar-refractivity contribution is 0.520. The molecule has 0 amide bonds. The summed E-state index contributed by atoms with van der Waals surface area (Å²) in [6, 6.07) is 6.41. The maximum atomic E-state index is 6.15. The third-order valence-corrected chi connectivity index (χ3v) is 4.94. The van der Waals surface area contributed by atoms with E-state index < -0.39 is 0 Å². The van der Waals surface area contributed by atoms with Crippen LogP contribution in [0.2, 0.25) is 5.02 Å². The summed E-state index contributed by atoms with van der Waals surface area (Å²) in [5.41, 5.74) is 5.23. The Labute approximate surface area is 106 Å². The molecule has 0 aromatic heterocycles. The topological polar surface area (TPSA) is 38.0 Å². The summed E-state index contributed by atoms with van der Waals surface area (Å²) in [5, 5.41) is 1.39. The fourth-order valence-corrected chi connectivity index (χ4v) is 3.67. The molecule has 0 spiro atoms. The molecule has 1 heterocycles. The highest BCUT2D eigenvalue weighted by Gasteiger charge is 2.26. The average molecular weight is 257 g/mol. The van der Waals surface area contributed by atoms with E-state index in [2.05, 4.69) is 17.6 Å². The predicted molar refractivity (Wildman–Crippen MR) is 71.7 cm³/mol. The molecule has 2 atom stereocenters. The van der Waals surface area contributed by atoms with E-state index in [0.29, 0.717) is 5.25 Å². The van der Waals surface area contributed by atoms with Gasteiger partial charge in [0.1, 0.15) is 0 Å². The second-order valence-corrected chi connectivity index (χ2v) is 5.96. The van der Waals surface area contributed by atoms with Crippen LogP contribution < -0.4 is 11.3 Å². The molecule has 0 saturated carbocycles. The number of halogens is 1. The fraction of sp³-hybridized carbons (Fsp3) is 0.500. The molecule has 2 rings (SSSR count). The van der Waals surface area contributed by atoms with Gasteiger partial charge < -0.3 is 0 Å². The van der Waals surface area contributed by atoms with E-state index in [9.17, 15) is 0 Å². The van der Waals surface area contributed by atoms with E-state index in [-0.39, 0.29) is 6.04 Å². The monoisotopic (exact) mass is 256 g/mol. The number of benzene rings is 1. The van der Waals surface area contributed by atoms with Crippen LogP contribution in [0, 0.1) is 6.92 Å². The molecule has 1 aliphatic rings. The number of nitrogens with one attached hydrogen (secondary N) is 1. The Morgan fingerprint density at radius 3 is 2.94 bits per heavy atom. The van der Waals surface area contributed by atoms with Gasteiger partial charge in [0.2, 0.25) is 0 Å². The van der Waals surface area contributed by atoms with E-state index in [0.717, 1.165) is 10.6 Å². The molecule has 0 bridgehead atoms. The summed E-state index contributed by atoms with van der Waals surface area (Å²) in [6.45, 7) is 2.02. The van der Waals surface area contributed by atoms with E-state index in [1.54, 1.807) is 0 Å². The molecule has 1 aliphatic heterocycles. The highest BCUT2D eigenvalue weighted by atomic mass is 35.5. The van der Waals surface area contributed by atoms with Crippen molar-refractivity contribution in [1.82, 2.24) is 5.43 Å². The van der Waals surface area contributed by atoms with Crippen LogP contribution in [0.3, 0.4) is 0 Å². The van der Waals surface area contributed by atoms with Gasteiger partial charge in [0.25, 0.3) is 0 Å². The van der Waals surface area contributed by atoms with E-state index in [4.69, 9.17) is 17.4 Å². The van der Waals surface area contributed by atoms with Crippen LogP contribution in [0.1, 0.15) is 30.0 Å². The van der Waals surface area contributed by atoms with Crippen LogP contribution in [0.4, 0.5) is 0 Å². The van der Waals surface area contributed by atoms with E-state index >= 15 is 0 Å². The minimum atomic E-state index is 0.214. The summed E-state index contributed by atoms with van der Waals surface area (Å²) < 4.78 is 0. The first kappa shape index (κ1) is 12.2. The summed E-state index contributed by atoms with van der Waals surface area (Å²) >= 11 is 8.14. The van der Waals surface area contributed by atoms with Crippen LogP contribution in [-0.4, -0.2) is 11.0 Å². The molecule has 1 aromatic rings. The number of aryl methyl sites for hydroxylation is 1. The smallest absolute Gasteiger partial charge is 0.0579 e. The maximum absolute atomic E-state index is 6.15. The van der Waals surface area contributed by atoms with E-state index in [1.165, 1.54) is 24.2 Å². The zero-order valence-electron chi connectivity index (χ0n) is 9.37. The van der Waals surface area contributed by atoms with Crippen LogP contribution in [0.5, 0.6) is 0 Å². The minimum absolute atomic E-state index is 0.214. The van der Waals surface area contributed by atoms with Crippen LogP contribution in [0.15, 0.2) is 18.2 Å². The van der Waals surface area contributed by atoms with Crippen molar-refractivity contribution < 1.29 is 0 Å². The lowest BCUT2D eigenvalue weighted by atomic mass is 10.0. The van der Waals surface area contributed by atoms with Gasteiger partial charge in [-0.05, 0) is 42.7 Å². The highest BCUT2D eigenvalue weighted by Crippen LogP contribution is 2.36. The third-order valence-electron chi connectivity index (χ3n) is 3.07. The number of rotatable bonds is 3. The zero-order valence-corrected chi connectivity index (χ0v) is 10.9. The van der Waals surface area contributed by atoms with Gasteiger partial charge in [0.05, 0.1) is 6.04 Å². The Morgan fingerprint density at radius 1 is 1.56 bits per heavy atom. The first-order valence-electron chi connectivity index (χ1n) is 5.56. The fourth-order valence-electron chi connectivity index (χ4n) is 2.09. The van der Waals surface area contributed by atoms with Crippen molar-refractivity contribution >= 4 is 23.4 Å². The molecule has 0 radical (unpaired) electrons. The standard InChI is InChI=1S/C12H17ClN2S/c1-8-4-5-9(7-10(8)13)12(15-14)11-3-2-6-16-11/h4-5,7,11-12,15H,2-3,6,14H2,1H3. The molecule has 88 valence electrons. The molecule has 3 N–H and O–H groups in total. The number of hydrazine groups is 1. The van der Waals surface area contributed by atoms with Crippen molar-refractivity contribution in [3.05, 3.63) is 34.3 Å². The van der Waals surface area contributed by atoms with Crippen LogP contribution in [-0.2, 0) is 0 Å². The van der Waals surface area contributed by atoms with Crippen molar-refractivity contribution in [3.63, 3.8) is 0 Å². The predicted octanol–water partition coefficient (Wildman–Crippen LogP) is 3.05. The van der Waals surface area contributed by atoms with Crippen LogP contribution >= 0.6 is 23.4 Å². The quantitative estimate of drug-likeness (QED) is 0.645. The second kappa shape index (κ2) is 5.41. The van der Waals surface area contributed by atoms with Gasteiger partial charge in [-0.25, -0.2) is 0 Å². The van der Waals surface area contributed by atoms with Gasteiger partial charge in [-0.2, -0.15) is 11.8 Å². The number of nitrogens with two attached hydrogens (primary N) is 1. The van der Waals surface area contributed by atoms with Crippen molar-refractivity contribution in [1.29, 1.82) is 0 Å². The summed E-state index contributed by atoms with van der Waals surface area (Å²) in [7, 11) is 0. The van der Waals surface area contributed by atoms with Crippen molar-refractivity contribution in [2.75, 3.05) is 5.75 Å². The van der Waals surface area contributed by atoms with Gasteiger partial charge in [-0.3, -0.25) is 11.3 Å². The number of hydrogen-bond acceptors (Lipinski definition) is 3. The molecule has 0 aliphatic carbocycles. The molecule has 1 aromatic carbocycles. The number of hydrogen-bond donors (Lipinski definition) is 2. The second-order valence-electron chi connectivity index (χ2n) is 4.20. The molecule has 4 heteroatoms. The number of thioether (sulfide) groups is 1. The van der Waals surface area contributed by atoms with Gasteiger partial charge in [0.15, 0.2) is 0 Å². The molecular weight excluding hydrogens is 240 g/mol. The Bertz CT molecular complexity index is 364. The first-order valence-corrected chi connectivity index (χ1v) is 6.99. The Kier molecular flexibility index (Phi) is 4.14. The lowest BCUT2D eigenvalue weighted by Crippen LogP contribution is -2.34. The first-order chi connectivity index (χ1) is 7.72. The maximum Gasteiger partial charge on any atom is 0.0579 e. The molecule has 1 saturated heterocycles. The van der Waals surface area contributed by atoms with Gasteiger partial charge in [-0.1, -0.05) is 23.7 Å². The van der Waals surface area contributed by atoms with Crippen LogP contribution in [0.25, 0.3) is 0 Å². The summed E-state index contributed by atoms with van der Waals surface area (Å²) in [5.74, 6) is 6.90.